The van der Waals surface area contributed by atoms with E-state index < -0.39 is 35.1 Å². The molecule has 3 N–H and O–H groups in total. The number of halogens is 4. The molecule has 10 nitrogen and oxygen atoms in total. The van der Waals surface area contributed by atoms with E-state index in [1.54, 1.807) is 16.9 Å². The highest BCUT2D eigenvalue weighted by molar-refractivity contribution is 5.93. The number of aromatic nitrogens is 5. The lowest BCUT2D eigenvalue weighted by atomic mass is 9.88. The summed E-state index contributed by atoms with van der Waals surface area (Å²) in [5.74, 6) is -2.52. The van der Waals surface area contributed by atoms with Gasteiger partial charge in [0.2, 0.25) is 0 Å². The van der Waals surface area contributed by atoms with Crippen LogP contribution in [0, 0.1) is 12.7 Å². The summed E-state index contributed by atoms with van der Waals surface area (Å²) in [4.78, 5) is 30.2. The standard InChI is InChI=1S/C37H37F4N7O3/c1-22-16-26(24-6-4-23(5-7-24)20-47-14-12-25(13-15-47)27-8-10-29(34(50)51)30(38)17-27)9-11-31(22)48-21-28(18-43-48)33(49)42-19-32-44-35(46-45-32)36(2,3)37(39,40)41/h4-11,16-18,21,25H,12-15,19-20H2,1-3H3,(H,42,49)(H,50,51)(H,44,45,46). The molecule has 2 aromatic heterocycles. The maximum Gasteiger partial charge on any atom is 0.401 e. The lowest BCUT2D eigenvalue weighted by Crippen LogP contribution is -2.37. The number of rotatable bonds is 10. The van der Waals surface area contributed by atoms with Crippen molar-refractivity contribution in [2.75, 3.05) is 13.1 Å². The van der Waals surface area contributed by atoms with Crippen molar-refractivity contribution in [2.24, 2.45) is 0 Å². The van der Waals surface area contributed by atoms with Crippen molar-refractivity contribution in [1.82, 2.24) is 35.2 Å². The van der Waals surface area contributed by atoms with Gasteiger partial charge in [0.15, 0.2) is 5.82 Å². The van der Waals surface area contributed by atoms with Crippen molar-refractivity contribution in [1.29, 1.82) is 0 Å². The molecule has 1 saturated heterocycles. The molecule has 1 aliphatic rings. The molecular formula is C37H37F4N7O3. The summed E-state index contributed by atoms with van der Waals surface area (Å²) < 4.78 is 55.7. The smallest absolute Gasteiger partial charge is 0.401 e. The first-order valence-electron chi connectivity index (χ1n) is 16.5. The first-order valence-corrected chi connectivity index (χ1v) is 16.5. The van der Waals surface area contributed by atoms with Gasteiger partial charge in [-0.3, -0.25) is 14.8 Å². The van der Waals surface area contributed by atoms with Crippen molar-refractivity contribution >= 4 is 11.9 Å². The summed E-state index contributed by atoms with van der Waals surface area (Å²) >= 11 is 0. The number of amides is 1. The molecule has 3 heterocycles. The topological polar surface area (TPSA) is 129 Å². The fourth-order valence-corrected chi connectivity index (χ4v) is 6.15. The van der Waals surface area contributed by atoms with Crippen LogP contribution in [0.15, 0.2) is 73.1 Å². The van der Waals surface area contributed by atoms with Crippen LogP contribution >= 0.6 is 0 Å². The van der Waals surface area contributed by atoms with Gasteiger partial charge in [0.05, 0.1) is 29.6 Å². The number of aromatic amines is 1. The number of hydrogen-bond donors (Lipinski definition) is 3. The molecule has 1 fully saturated rings. The number of aromatic carboxylic acids is 1. The summed E-state index contributed by atoms with van der Waals surface area (Å²) in [6, 6.07) is 18.8. The van der Waals surface area contributed by atoms with Crippen LogP contribution in [0.5, 0.6) is 0 Å². The van der Waals surface area contributed by atoms with Gasteiger partial charge in [-0.15, -0.1) is 0 Å². The number of nitrogens with zero attached hydrogens (tertiary/aromatic N) is 5. The van der Waals surface area contributed by atoms with E-state index in [0.29, 0.717) is 0 Å². The van der Waals surface area contributed by atoms with Gasteiger partial charge in [-0.25, -0.2) is 18.9 Å². The zero-order chi connectivity index (χ0) is 36.5. The van der Waals surface area contributed by atoms with Crippen LogP contribution in [0.1, 0.15) is 81.7 Å². The van der Waals surface area contributed by atoms with Gasteiger partial charge in [0.1, 0.15) is 17.1 Å². The van der Waals surface area contributed by atoms with E-state index in [1.165, 1.54) is 23.9 Å². The Morgan fingerprint density at radius 1 is 1.00 bits per heavy atom. The van der Waals surface area contributed by atoms with Crippen molar-refractivity contribution in [3.8, 4) is 16.8 Å². The van der Waals surface area contributed by atoms with Gasteiger partial charge in [0.25, 0.3) is 5.91 Å². The molecule has 0 aliphatic carbocycles. The fourth-order valence-electron chi connectivity index (χ4n) is 6.15. The third-order valence-corrected chi connectivity index (χ3v) is 9.48. The second-order valence-electron chi connectivity index (χ2n) is 13.4. The van der Waals surface area contributed by atoms with Gasteiger partial charge in [0, 0.05) is 12.7 Å². The summed E-state index contributed by atoms with van der Waals surface area (Å²) in [5.41, 5.74) is 3.55. The monoisotopic (exact) mass is 703 g/mol. The number of benzene rings is 3. The van der Waals surface area contributed by atoms with E-state index >= 15 is 0 Å². The molecule has 1 aliphatic heterocycles. The number of hydrogen-bond acceptors (Lipinski definition) is 6. The van der Waals surface area contributed by atoms with Gasteiger partial charge in [-0.1, -0.05) is 36.4 Å². The highest BCUT2D eigenvalue weighted by Crippen LogP contribution is 2.38. The average Bonchev–Trinajstić information content (AvgIpc) is 3.78. The second-order valence-corrected chi connectivity index (χ2v) is 13.4. The normalized spacial score (nSPS) is 14.5. The first kappa shape index (κ1) is 35.5. The quantitative estimate of drug-likeness (QED) is 0.134. The molecule has 266 valence electrons. The molecule has 0 bridgehead atoms. The maximum atomic E-state index is 14.2. The molecule has 0 unspecified atom stereocenters. The molecule has 51 heavy (non-hydrogen) atoms. The molecule has 3 aromatic carbocycles. The molecule has 0 spiro atoms. The van der Waals surface area contributed by atoms with Gasteiger partial charge >= 0.3 is 12.1 Å². The lowest BCUT2D eigenvalue weighted by molar-refractivity contribution is -0.182. The highest BCUT2D eigenvalue weighted by Gasteiger charge is 2.51. The number of carbonyl (C=O) groups is 2. The van der Waals surface area contributed by atoms with Gasteiger partial charge in [-0.2, -0.15) is 23.4 Å². The average molecular weight is 704 g/mol. The predicted molar refractivity (Wildman–Crippen MR) is 181 cm³/mol. The van der Waals surface area contributed by atoms with Crippen LogP contribution in [0.3, 0.4) is 0 Å². The molecule has 5 aromatic rings. The van der Waals surface area contributed by atoms with Crippen LogP contribution < -0.4 is 5.32 Å². The molecule has 6 rings (SSSR count). The molecule has 0 radical (unpaired) electrons. The van der Waals surface area contributed by atoms with Crippen LogP contribution in [0.4, 0.5) is 17.6 Å². The fraction of sp³-hybridized carbons (Fsp3) is 0.324. The zero-order valence-electron chi connectivity index (χ0n) is 28.3. The summed E-state index contributed by atoms with van der Waals surface area (Å²) in [7, 11) is 0. The minimum atomic E-state index is -4.53. The lowest BCUT2D eigenvalue weighted by Gasteiger charge is -2.32. The molecule has 1 amide bonds. The number of likely N-dealkylation sites (tertiary alicyclic amines) is 1. The number of H-pyrrole nitrogens is 1. The number of aryl methyl sites for hydroxylation is 1. The van der Waals surface area contributed by atoms with Gasteiger partial charge in [-0.05, 0) is 105 Å². The van der Waals surface area contributed by atoms with E-state index in [9.17, 15) is 27.2 Å². The third kappa shape index (κ3) is 7.70. The van der Waals surface area contributed by atoms with E-state index in [2.05, 4.69) is 54.8 Å². The minimum absolute atomic E-state index is 0.102. The molecule has 14 heteroatoms. The minimum Gasteiger partial charge on any atom is -0.478 e. The number of alkyl halides is 3. The third-order valence-electron chi connectivity index (χ3n) is 9.48. The van der Waals surface area contributed by atoms with Gasteiger partial charge < -0.3 is 10.4 Å². The highest BCUT2D eigenvalue weighted by atomic mass is 19.4. The van der Waals surface area contributed by atoms with Crippen molar-refractivity contribution in [2.45, 2.75) is 64.2 Å². The molecule has 0 saturated carbocycles. The van der Waals surface area contributed by atoms with E-state index in [4.69, 9.17) is 5.11 Å². The number of carboxylic acids is 1. The number of piperidine rings is 1. The number of carboxylic acid groups (broad SMARTS) is 1. The largest absolute Gasteiger partial charge is 0.478 e. The van der Waals surface area contributed by atoms with Crippen LogP contribution in [0.2, 0.25) is 0 Å². The Labute approximate surface area is 291 Å². The Bertz CT molecular complexity index is 2050. The van der Waals surface area contributed by atoms with Crippen molar-refractivity contribution in [3.05, 3.63) is 118 Å². The zero-order valence-corrected chi connectivity index (χ0v) is 28.3. The van der Waals surface area contributed by atoms with Crippen molar-refractivity contribution < 1.29 is 32.3 Å². The van der Waals surface area contributed by atoms with Crippen molar-refractivity contribution in [3.63, 3.8) is 0 Å². The molecule has 0 atom stereocenters. The second kappa shape index (κ2) is 14.1. The SMILES string of the molecule is Cc1cc(-c2ccc(CN3CCC(c4ccc(C(=O)O)c(F)c4)CC3)cc2)ccc1-n1cc(C(=O)NCc2nc(C(C)(C)C(F)(F)F)n[nH]2)cn1. The Hall–Kier alpha value is -5.37. The maximum absolute atomic E-state index is 14.2. The first-order chi connectivity index (χ1) is 24.2. The number of carbonyl (C=O) groups excluding carboxylic acids is 1. The summed E-state index contributed by atoms with van der Waals surface area (Å²) in [6.07, 6.45) is 0.213. The molecular weight excluding hydrogens is 666 g/mol. The van der Waals surface area contributed by atoms with E-state index in [0.717, 1.165) is 74.3 Å². The Kier molecular flexibility index (Phi) is 9.80. The Morgan fingerprint density at radius 3 is 2.35 bits per heavy atom. The van der Waals surface area contributed by atoms with Crippen LogP contribution in [0.25, 0.3) is 16.8 Å². The van der Waals surface area contributed by atoms with Crippen LogP contribution in [-0.2, 0) is 18.5 Å². The Morgan fingerprint density at radius 2 is 1.71 bits per heavy atom. The Balaban J connectivity index is 1.02. The van der Waals surface area contributed by atoms with Crippen LogP contribution in [-0.4, -0.2) is 66.1 Å². The number of nitrogens with one attached hydrogen (secondary N) is 2. The van der Waals surface area contributed by atoms with E-state index in [-0.39, 0.29) is 29.4 Å². The van der Waals surface area contributed by atoms with E-state index in [1.807, 2.05) is 25.1 Å². The summed E-state index contributed by atoms with van der Waals surface area (Å²) in [6.45, 7) is 6.32. The predicted octanol–water partition coefficient (Wildman–Crippen LogP) is 6.95. The summed E-state index contributed by atoms with van der Waals surface area (Å²) in [5, 5.41) is 22.2.